The lowest BCUT2D eigenvalue weighted by Gasteiger charge is -2.25. The first-order chi connectivity index (χ1) is 13.4. The Hall–Kier alpha value is -3.12. The zero-order valence-corrected chi connectivity index (χ0v) is 16.1. The molecule has 0 spiro atoms. The predicted octanol–water partition coefficient (Wildman–Crippen LogP) is 3.82. The Labute approximate surface area is 166 Å². The Balaban J connectivity index is 1.68. The summed E-state index contributed by atoms with van der Waals surface area (Å²) in [6, 6.07) is 14.8. The Morgan fingerprint density at radius 3 is 2.57 bits per heavy atom. The molecule has 0 saturated carbocycles. The van der Waals surface area contributed by atoms with Gasteiger partial charge in [-0.15, -0.1) is 0 Å². The van der Waals surface area contributed by atoms with Gasteiger partial charge in [0.25, 0.3) is 5.91 Å². The maximum atomic E-state index is 12.4. The number of amides is 1. The molecule has 1 amide bonds. The molecule has 0 N–H and O–H groups in total. The van der Waals surface area contributed by atoms with E-state index in [0.29, 0.717) is 5.02 Å². The molecular formula is C21H18ClNO5. The van der Waals surface area contributed by atoms with E-state index in [1.807, 2.05) is 37.3 Å². The maximum absolute atomic E-state index is 12.4. The fourth-order valence-corrected chi connectivity index (χ4v) is 2.87. The van der Waals surface area contributed by atoms with Crippen molar-refractivity contribution in [3.8, 4) is 0 Å². The average Bonchev–Trinajstić information content (AvgIpc) is 2.71. The Bertz CT molecular complexity index is 1080. The fourth-order valence-electron chi connectivity index (χ4n) is 2.70. The molecule has 144 valence electrons. The number of ether oxygens (including phenoxy) is 1. The summed E-state index contributed by atoms with van der Waals surface area (Å²) in [6.07, 6.45) is 0. The van der Waals surface area contributed by atoms with E-state index in [1.165, 1.54) is 17.0 Å². The molecular weight excluding hydrogens is 382 g/mol. The molecule has 1 heterocycles. The summed E-state index contributed by atoms with van der Waals surface area (Å²) in [5.41, 5.74) is 0.755. The van der Waals surface area contributed by atoms with Crippen LogP contribution in [0.2, 0.25) is 5.02 Å². The van der Waals surface area contributed by atoms with Crippen LogP contribution in [0, 0.1) is 0 Å². The van der Waals surface area contributed by atoms with Crippen molar-refractivity contribution in [2.45, 2.75) is 13.0 Å². The zero-order chi connectivity index (χ0) is 20.3. The van der Waals surface area contributed by atoms with E-state index in [9.17, 15) is 14.4 Å². The van der Waals surface area contributed by atoms with Crippen LogP contribution < -0.4 is 5.43 Å². The van der Waals surface area contributed by atoms with Gasteiger partial charge in [0.15, 0.2) is 12.0 Å². The topological polar surface area (TPSA) is 76.8 Å². The van der Waals surface area contributed by atoms with Gasteiger partial charge in [0.05, 0.1) is 11.4 Å². The Kier molecular flexibility index (Phi) is 5.80. The first-order valence-electron chi connectivity index (χ1n) is 8.58. The first kappa shape index (κ1) is 19.6. The normalized spacial score (nSPS) is 11.8. The minimum absolute atomic E-state index is 0.184. The smallest absolute Gasteiger partial charge is 0.374 e. The molecule has 2 aromatic carbocycles. The molecule has 7 heteroatoms. The number of esters is 1. The van der Waals surface area contributed by atoms with Gasteiger partial charge in [-0.25, -0.2) is 4.79 Å². The summed E-state index contributed by atoms with van der Waals surface area (Å²) < 4.78 is 10.4. The molecule has 0 bridgehead atoms. The highest BCUT2D eigenvalue weighted by Gasteiger charge is 2.20. The van der Waals surface area contributed by atoms with Crippen molar-refractivity contribution in [3.63, 3.8) is 0 Å². The van der Waals surface area contributed by atoms with Crippen LogP contribution in [0.15, 0.2) is 63.8 Å². The summed E-state index contributed by atoms with van der Waals surface area (Å²) in [5.74, 6) is -1.53. The summed E-state index contributed by atoms with van der Waals surface area (Å²) >= 11 is 5.86. The molecule has 0 fully saturated rings. The van der Waals surface area contributed by atoms with Crippen molar-refractivity contribution in [2.24, 2.45) is 0 Å². The van der Waals surface area contributed by atoms with Crippen LogP contribution >= 0.6 is 11.6 Å². The van der Waals surface area contributed by atoms with Crippen molar-refractivity contribution >= 4 is 34.4 Å². The lowest BCUT2D eigenvalue weighted by atomic mass is 10.1. The molecule has 1 aromatic heterocycles. The number of carbonyl (C=O) groups is 2. The van der Waals surface area contributed by atoms with Crippen LogP contribution in [0.4, 0.5) is 0 Å². The first-order valence-corrected chi connectivity index (χ1v) is 8.96. The van der Waals surface area contributed by atoms with Crippen LogP contribution in [0.25, 0.3) is 11.0 Å². The SMILES string of the molecule is C[C@@H](c1ccccc1)N(C)C(=O)COC(=O)c1cc(=O)c2cc(Cl)ccc2o1. The van der Waals surface area contributed by atoms with Crippen molar-refractivity contribution in [1.82, 2.24) is 4.90 Å². The maximum Gasteiger partial charge on any atom is 0.374 e. The highest BCUT2D eigenvalue weighted by Crippen LogP contribution is 2.19. The molecule has 0 saturated heterocycles. The van der Waals surface area contributed by atoms with E-state index in [1.54, 1.807) is 13.1 Å². The minimum Gasteiger partial charge on any atom is -0.450 e. The molecule has 3 rings (SSSR count). The third-order valence-electron chi connectivity index (χ3n) is 4.47. The molecule has 1 atom stereocenters. The number of hydrogen-bond acceptors (Lipinski definition) is 5. The average molecular weight is 400 g/mol. The van der Waals surface area contributed by atoms with Crippen molar-refractivity contribution in [2.75, 3.05) is 13.7 Å². The number of halogens is 1. The molecule has 0 unspecified atom stereocenters. The molecule has 0 aliphatic rings. The fraction of sp³-hybridized carbons (Fsp3) is 0.190. The Morgan fingerprint density at radius 1 is 1.14 bits per heavy atom. The lowest BCUT2D eigenvalue weighted by Crippen LogP contribution is -2.33. The number of hydrogen-bond donors (Lipinski definition) is 0. The summed E-state index contributed by atoms with van der Waals surface area (Å²) in [4.78, 5) is 38.2. The molecule has 0 radical (unpaired) electrons. The van der Waals surface area contributed by atoms with Crippen molar-refractivity contribution in [1.29, 1.82) is 0 Å². The van der Waals surface area contributed by atoms with E-state index in [2.05, 4.69) is 0 Å². The molecule has 28 heavy (non-hydrogen) atoms. The van der Waals surface area contributed by atoms with Crippen LogP contribution in [-0.2, 0) is 9.53 Å². The lowest BCUT2D eigenvalue weighted by molar-refractivity contribution is -0.135. The number of benzene rings is 2. The van der Waals surface area contributed by atoms with Crippen LogP contribution in [0.3, 0.4) is 0 Å². The highest BCUT2D eigenvalue weighted by atomic mass is 35.5. The van der Waals surface area contributed by atoms with Gasteiger partial charge in [-0.2, -0.15) is 0 Å². The minimum atomic E-state index is -0.886. The van der Waals surface area contributed by atoms with Gasteiger partial charge < -0.3 is 14.1 Å². The third kappa shape index (κ3) is 4.23. The van der Waals surface area contributed by atoms with E-state index in [4.69, 9.17) is 20.8 Å². The van der Waals surface area contributed by atoms with Crippen LogP contribution in [0.1, 0.15) is 29.1 Å². The quantitative estimate of drug-likeness (QED) is 0.609. The number of fused-ring (bicyclic) bond motifs is 1. The standard InChI is InChI=1S/C21H18ClNO5/c1-13(14-6-4-3-5-7-14)23(2)20(25)12-27-21(26)19-11-17(24)16-10-15(22)8-9-18(16)28-19/h3-11,13H,12H2,1-2H3/t13-/m0/s1. The van der Waals surface area contributed by atoms with Gasteiger partial charge in [-0.05, 0) is 30.7 Å². The second-order valence-corrected chi connectivity index (χ2v) is 6.72. The second kappa shape index (κ2) is 8.27. The number of likely N-dealkylation sites (N-methyl/N-ethyl adjacent to an activating group) is 1. The molecule has 0 aliphatic heterocycles. The number of rotatable bonds is 5. The largest absolute Gasteiger partial charge is 0.450 e. The third-order valence-corrected chi connectivity index (χ3v) is 4.71. The predicted molar refractivity (Wildman–Crippen MR) is 105 cm³/mol. The Morgan fingerprint density at radius 2 is 1.86 bits per heavy atom. The molecule has 3 aromatic rings. The van der Waals surface area contributed by atoms with Crippen LogP contribution in [0.5, 0.6) is 0 Å². The van der Waals surface area contributed by atoms with Gasteiger partial charge in [-0.1, -0.05) is 41.9 Å². The van der Waals surface area contributed by atoms with Gasteiger partial charge in [-0.3, -0.25) is 9.59 Å². The van der Waals surface area contributed by atoms with Gasteiger partial charge in [0.2, 0.25) is 5.76 Å². The van der Waals surface area contributed by atoms with Gasteiger partial charge in [0, 0.05) is 18.1 Å². The summed E-state index contributed by atoms with van der Waals surface area (Å²) in [5, 5.41) is 0.646. The highest BCUT2D eigenvalue weighted by molar-refractivity contribution is 6.31. The number of carbonyl (C=O) groups excluding carboxylic acids is 2. The van der Waals surface area contributed by atoms with E-state index < -0.39 is 18.0 Å². The molecule has 0 aliphatic carbocycles. The van der Waals surface area contributed by atoms with Crippen molar-refractivity contribution < 1.29 is 18.7 Å². The second-order valence-electron chi connectivity index (χ2n) is 6.28. The summed E-state index contributed by atoms with van der Waals surface area (Å²) in [6.45, 7) is 1.41. The van der Waals surface area contributed by atoms with Gasteiger partial charge >= 0.3 is 5.97 Å². The number of nitrogens with zero attached hydrogens (tertiary/aromatic N) is 1. The monoisotopic (exact) mass is 399 g/mol. The van der Waals surface area contributed by atoms with E-state index in [-0.39, 0.29) is 28.7 Å². The molecule has 6 nitrogen and oxygen atoms in total. The van der Waals surface area contributed by atoms with Crippen LogP contribution in [-0.4, -0.2) is 30.4 Å². The van der Waals surface area contributed by atoms with Crippen molar-refractivity contribution in [3.05, 3.63) is 81.2 Å². The zero-order valence-electron chi connectivity index (χ0n) is 15.3. The van der Waals surface area contributed by atoms with E-state index in [0.717, 1.165) is 11.6 Å². The van der Waals surface area contributed by atoms with Gasteiger partial charge in [0.1, 0.15) is 5.58 Å². The summed E-state index contributed by atoms with van der Waals surface area (Å²) in [7, 11) is 1.63. The van der Waals surface area contributed by atoms with E-state index >= 15 is 0 Å².